The van der Waals surface area contributed by atoms with Crippen LogP contribution in [0.1, 0.15) is 0 Å². The van der Waals surface area contributed by atoms with Crippen LogP contribution >= 0.6 is 22.9 Å². The number of hydrogen-bond acceptors (Lipinski definition) is 5. The third-order valence-electron chi connectivity index (χ3n) is 3.07. The summed E-state index contributed by atoms with van der Waals surface area (Å²) in [6, 6.07) is 10.1. The molecule has 0 radical (unpaired) electrons. The minimum Gasteiger partial charge on any atom is -0.428 e. The fourth-order valence-electron chi connectivity index (χ4n) is 2.01. The maximum atomic E-state index is 12.8. The third-order valence-corrected chi connectivity index (χ3v) is 4.12. The second-order valence-corrected chi connectivity index (χ2v) is 6.00. The van der Waals surface area contributed by atoms with Gasteiger partial charge in [-0.25, -0.2) is 14.5 Å². The van der Waals surface area contributed by atoms with Gasteiger partial charge >= 0.3 is 0 Å². The van der Waals surface area contributed by atoms with Crippen molar-refractivity contribution in [1.82, 2.24) is 19.6 Å². The summed E-state index contributed by atoms with van der Waals surface area (Å²) in [7, 11) is 0. The van der Waals surface area contributed by atoms with E-state index >= 15 is 0 Å². The minimum atomic E-state index is -0.557. The predicted octanol–water partition coefficient (Wildman–Crippen LogP) is 4.44. The molecule has 8 heteroatoms. The van der Waals surface area contributed by atoms with Gasteiger partial charge in [0.1, 0.15) is 5.75 Å². The van der Waals surface area contributed by atoms with Gasteiger partial charge in [0.2, 0.25) is 10.9 Å². The van der Waals surface area contributed by atoms with Gasteiger partial charge in [-0.05, 0) is 35.6 Å². The van der Waals surface area contributed by atoms with Gasteiger partial charge in [-0.3, -0.25) is 0 Å². The lowest BCUT2D eigenvalue weighted by Crippen LogP contribution is -1.88. The van der Waals surface area contributed by atoms with E-state index in [4.69, 9.17) is 16.3 Å². The first-order valence-corrected chi connectivity index (χ1v) is 7.78. The van der Waals surface area contributed by atoms with Crippen molar-refractivity contribution in [3.63, 3.8) is 0 Å². The fourth-order valence-corrected chi connectivity index (χ4v) is 2.89. The predicted molar refractivity (Wildman–Crippen MR) is 85.6 cm³/mol. The van der Waals surface area contributed by atoms with Gasteiger partial charge in [0, 0.05) is 10.6 Å². The second kappa shape index (κ2) is 5.60. The normalized spacial score (nSPS) is 11.0. The largest absolute Gasteiger partial charge is 0.428 e. The Labute approximate surface area is 139 Å². The molecule has 23 heavy (non-hydrogen) atoms. The van der Waals surface area contributed by atoms with Gasteiger partial charge in [-0.1, -0.05) is 23.7 Å². The summed E-state index contributed by atoms with van der Waals surface area (Å²) < 4.78 is 19.9. The zero-order valence-electron chi connectivity index (χ0n) is 11.5. The van der Waals surface area contributed by atoms with Crippen LogP contribution < -0.4 is 4.74 Å². The molecular formula is C15H8ClFN4OS. The first kappa shape index (κ1) is 14.1. The van der Waals surface area contributed by atoms with Gasteiger partial charge in [-0.15, -0.1) is 5.10 Å². The standard InChI is InChI=1S/C15H8ClFN4OS/c16-10-3-1-9(2-4-10)12-8-21-14(19-12)23-15(20-21)22-11-5-6-13(17)18-7-11/h1-8H. The van der Waals surface area contributed by atoms with E-state index in [0.717, 1.165) is 11.3 Å². The summed E-state index contributed by atoms with van der Waals surface area (Å²) in [5.41, 5.74) is 1.76. The lowest BCUT2D eigenvalue weighted by atomic mass is 10.2. The molecule has 0 fully saturated rings. The Morgan fingerprint density at radius 1 is 1.13 bits per heavy atom. The molecule has 0 aliphatic carbocycles. The van der Waals surface area contributed by atoms with E-state index in [9.17, 15) is 4.39 Å². The average Bonchev–Trinajstić information content (AvgIpc) is 3.09. The van der Waals surface area contributed by atoms with Crippen LogP contribution in [0.3, 0.4) is 0 Å². The number of nitrogens with zero attached hydrogens (tertiary/aromatic N) is 4. The number of ether oxygens (including phenoxy) is 1. The van der Waals surface area contributed by atoms with Crippen molar-refractivity contribution in [2.45, 2.75) is 0 Å². The molecule has 0 N–H and O–H groups in total. The van der Waals surface area contributed by atoms with Crippen LogP contribution in [0.5, 0.6) is 10.9 Å². The molecule has 3 aromatic heterocycles. The highest BCUT2D eigenvalue weighted by Crippen LogP contribution is 2.29. The summed E-state index contributed by atoms with van der Waals surface area (Å²) in [5, 5.41) is 5.38. The zero-order valence-corrected chi connectivity index (χ0v) is 13.1. The topological polar surface area (TPSA) is 52.3 Å². The maximum Gasteiger partial charge on any atom is 0.299 e. The SMILES string of the molecule is Fc1ccc(Oc2nn3cc(-c4ccc(Cl)cc4)nc3s2)cn1. The molecule has 5 nitrogen and oxygen atoms in total. The van der Waals surface area contributed by atoms with Crippen molar-refractivity contribution in [3.8, 4) is 22.2 Å². The minimum absolute atomic E-state index is 0.406. The fraction of sp³-hybridized carbons (Fsp3) is 0. The summed E-state index contributed by atoms with van der Waals surface area (Å²) >= 11 is 7.17. The molecular weight excluding hydrogens is 339 g/mol. The molecule has 0 saturated heterocycles. The number of aromatic nitrogens is 4. The Morgan fingerprint density at radius 3 is 2.65 bits per heavy atom. The number of hydrogen-bond donors (Lipinski definition) is 0. The number of imidazole rings is 1. The Balaban J connectivity index is 1.61. The number of rotatable bonds is 3. The summed E-state index contributed by atoms with van der Waals surface area (Å²) in [5.74, 6) is -0.139. The Kier molecular flexibility index (Phi) is 3.44. The first-order chi connectivity index (χ1) is 11.2. The van der Waals surface area contributed by atoms with Gasteiger partial charge in [0.25, 0.3) is 5.19 Å². The molecule has 4 aromatic rings. The van der Waals surface area contributed by atoms with E-state index in [-0.39, 0.29) is 0 Å². The van der Waals surface area contributed by atoms with Gasteiger partial charge in [0.05, 0.1) is 18.1 Å². The zero-order chi connectivity index (χ0) is 15.8. The van der Waals surface area contributed by atoms with Crippen LogP contribution in [-0.2, 0) is 0 Å². The highest BCUT2D eigenvalue weighted by atomic mass is 35.5. The van der Waals surface area contributed by atoms with E-state index in [1.54, 1.807) is 4.52 Å². The van der Waals surface area contributed by atoms with Crippen LogP contribution in [0.4, 0.5) is 4.39 Å². The van der Waals surface area contributed by atoms with Crippen molar-refractivity contribution < 1.29 is 9.13 Å². The summed E-state index contributed by atoms with van der Waals surface area (Å²) in [4.78, 5) is 8.73. The van der Waals surface area contributed by atoms with Crippen molar-refractivity contribution in [1.29, 1.82) is 0 Å². The molecule has 114 valence electrons. The molecule has 1 aromatic carbocycles. The summed E-state index contributed by atoms with van der Waals surface area (Å²) in [6.07, 6.45) is 3.11. The number of halogens is 2. The van der Waals surface area contributed by atoms with Gasteiger partial charge in [-0.2, -0.15) is 4.39 Å². The number of fused-ring (bicyclic) bond motifs is 1. The lowest BCUT2D eigenvalue weighted by Gasteiger charge is -1.99. The molecule has 0 atom stereocenters. The van der Waals surface area contributed by atoms with E-state index in [0.29, 0.717) is 20.9 Å². The Hall–Kier alpha value is -2.51. The molecule has 0 aliphatic rings. The van der Waals surface area contributed by atoms with Gasteiger partial charge in [0.15, 0.2) is 0 Å². The molecule has 0 amide bonds. The first-order valence-electron chi connectivity index (χ1n) is 6.59. The highest BCUT2D eigenvalue weighted by Gasteiger charge is 2.11. The maximum absolute atomic E-state index is 12.8. The van der Waals surface area contributed by atoms with Crippen LogP contribution in [0.25, 0.3) is 16.2 Å². The Bertz CT molecular complexity index is 934. The van der Waals surface area contributed by atoms with Gasteiger partial charge < -0.3 is 4.74 Å². The molecule has 0 unspecified atom stereocenters. The van der Waals surface area contributed by atoms with Crippen LogP contribution in [0.2, 0.25) is 5.02 Å². The third kappa shape index (κ3) is 2.88. The number of pyridine rings is 1. The molecule has 0 spiro atoms. The quantitative estimate of drug-likeness (QED) is 0.515. The Morgan fingerprint density at radius 2 is 1.96 bits per heavy atom. The lowest BCUT2D eigenvalue weighted by molar-refractivity contribution is 0.463. The van der Waals surface area contributed by atoms with Crippen LogP contribution in [0, 0.1) is 5.95 Å². The monoisotopic (exact) mass is 346 g/mol. The van der Waals surface area contributed by atoms with Crippen molar-refractivity contribution in [2.75, 3.05) is 0 Å². The average molecular weight is 347 g/mol. The molecule has 4 rings (SSSR count). The van der Waals surface area contributed by atoms with Crippen LogP contribution in [0.15, 0.2) is 48.8 Å². The molecule has 3 heterocycles. The van der Waals surface area contributed by atoms with Crippen molar-refractivity contribution in [2.24, 2.45) is 0 Å². The molecule has 0 aliphatic heterocycles. The smallest absolute Gasteiger partial charge is 0.299 e. The van der Waals surface area contributed by atoms with E-state index in [1.165, 1.54) is 29.7 Å². The summed E-state index contributed by atoms with van der Waals surface area (Å²) in [6.45, 7) is 0. The van der Waals surface area contributed by atoms with E-state index in [2.05, 4.69) is 15.1 Å². The number of benzene rings is 1. The van der Waals surface area contributed by atoms with E-state index < -0.39 is 5.95 Å². The van der Waals surface area contributed by atoms with Crippen molar-refractivity contribution in [3.05, 3.63) is 59.8 Å². The molecule has 0 saturated carbocycles. The van der Waals surface area contributed by atoms with E-state index in [1.807, 2.05) is 30.5 Å². The van der Waals surface area contributed by atoms with Crippen molar-refractivity contribution >= 4 is 27.9 Å². The van der Waals surface area contributed by atoms with Crippen LogP contribution in [-0.4, -0.2) is 19.6 Å². The second-order valence-electron chi connectivity index (χ2n) is 4.65. The highest BCUT2D eigenvalue weighted by molar-refractivity contribution is 7.18. The molecule has 0 bridgehead atoms.